The molecular weight excluding hydrogens is 425 g/mol. The lowest BCUT2D eigenvalue weighted by atomic mass is 9.97. The summed E-state index contributed by atoms with van der Waals surface area (Å²) in [5.41, 5.74) is 0.107. The number of nitrogens with one attached hydrogen (secondary N) is 1. The molecule has 0 aliphatic carbocycles. The zero-order valence-electron chi connectivity index (χ0n) is 13.7. The minimum atomic E-state index is -1.48. The average Bonchev–Trinajstić information content (AvgIpc) is 2.99. The zero-order chi connectivity index (χ0) is 19.9. The van der Waals surface area contributed by atoms with E-state index < -0.39 is 48.1 Å². The predicted octanol–water partition coefficient (Wildman–Crippen LogP) is 0.484. The Morgan fingerprint density at radius 3 is 2.67 bits per heavy atom. The number of carbonyl (C=O) groups is 1. The first kappa shape index (κ1) is 20.3. The average molecular weight is 440 g/mol. The summed E-state index contributed by atoms with van der Waals surface area (Å²) >= 11 is 13.1. The van der Waals surface area contributed by atoms with Crippen LogP contribution in [0.25, 0.3) is 10.3 Å². The van der Waals surface area contributed by atoms with Crippen molar-refractivity contribution >= 4 is 50.7 Å². The number of halogens is 2. The molecule has 1 aromatic heterocycles. The smallest absolute Gasteiger partial charge is 0.396 e. The van der Waals surface area contributed by atoms with Crippen LogP contribution >= 0.6 is 34.5 Å². The van der Waals surface area contributed by atoms with Crippen LogP contribution in [0.1, 0.15) is 6.92 Å². The highest BCUT2D eigenvalue weighted by Crippen LogP contribution is 2.40. The van der Waals surface area contributed by atoms with Gasteiger partial charge < -0.3 is 34.5 Å². The van der Waals surface area contributed by atoms with Crippen molar-refractivity contribution < 1.29 is 34.0 Å². The highest BCUT2D eigenvalue weighted by molar-refractivity contribution is 7.16. The summed E-state index contributed by atoms with van der Waals surface area (Å²) in [5, 5.41) is 32.0. The quantitative estimate of drug-likeness (QED) is 0.539. The lowest BCUT2D eigenvalue weighted by Gasteiger charge is -2.42. The van der Waals surface area contributed by atoms with Gasteiger partial charge in [-0.25, -0.2) is 4.79 Å². The third kappa shape index (κ3) is 3.92. The highest BCUT2D eigenvalue weighted by atomic mass is 35.5. The molecule has 0 saturated carbocycles. The first-order chi connectivity index (χ1) is 12.7. The largest absolute Gasteiger partial charge is 0.461 e. The molecule has 1 aromatic carbocycles. The Morgan fingerprint density at radius 2 is 2.04 bits per heavy atom. The third-order valence-corrected chi connectivity index (χ3v) is 5.57. The first-order valence-electron chi connectivity index (χ1n) is 7.70. The lowest BCUT2D eigenvalue weighted by molar-refractivity contribution is -0.244. The Hall–Kier alpha value is -1.40. The van der Waals surface area contributed by atoms with Crippen LogP contribution in [0, 0.1) is 0 Å². The number of benzene rings is 1. The predicted molar refractivity (Wildman–Crippen MR) is 96.4 cm³/mol. The van der Waals surface area contributed by atoms with Gasteiger partial charge in [0, 0.05) is 13.0 Å². The standard InChI is InChI=1S/C15H15Cl2NO8S/c1-4(20)18-10-12(22)11(21)6(3-19)25-14(10)24-5-2-7-13(9(17)8(5)16)26-15(23)27-7/h2,6,10-12,14,19,21-22H,3H2,1H3,(H,18,20)/t6-,10+,11+,12+,14-/m0/s1. The van der Waals surface area contributed by atoms with Gasteiger partial charge in [0.1, 0.15) is 40.1 Å². The monoisotopic (exact) mass is 439 g/mol. The second-order valence-electron chi connectivity index (χ2n) is 5.83. The highest BCUT2D eigenvalue weighted by Gasteiger charge is 2.46. The number of ether oxygens (including phenoxy) is 2. The number of fused-ring (bicyclic) bond motifs is 1. The normalized spacial score (nSPS) is 28.3. The van der Waals surface area contributed by atoms with Gasteiger partial charge in [0.25, 0.3) is 0 Å². The van der Waals surface area contributed by atoms with E-state index in [0.29, 0.717) is 4.70 Å². The van der Waals surface area contributed by atoms with Crippen molar-refractivity contribution in [2.24, 2.45) is 0 Å². The van der Waals surface area contributed by atoms with Gasteiger partial charge >= 0.3 is 4.94 Å². The summed E-state index contributed by atoms with van der Waals surface area (Å²) in [6.07, 6.45) is -5.39. The van der Waals surface area contributed by atoms with Gasteiger partial charge in [-0.05, 0) is 0 Å². The third-order valence-electron chi connectivity index (χ3n) is 3.97. The number of aliphatic hydroxyl groups is 3. The van der Waals surface area contributed by atoms with Crippen molar-refractivity contribution in [3.8, 4) is 5.75 Å². The molecule has 12 heteroatoms. The second kappa shape index (κ2) is 7.92. The van der Waals surface area contributed by atoms with Crippen molar-refractivity contribution in [2.45, 2.75) is 37.6 Å². The SMILES string of the molecule is CC(=O)N[C@H]1[C@@H](Oc2cc3sc(=O)oc3c(Cl)c2Cl)O[C@@H](CO)[C@@H](O)[C@@H]1O. The van der Waals surface area contributed by atoms with Crippen molar-refractivity contribution in [1.82, 2.24) is 5.32 Å². The molecule has 5 atom stereocenters. The zero-order valence-corrected chi connectivity index (χ0v) is 16.0. The molecule has 1 saturated heterocycles. The molecule has 0 radical (unpaired) electrons. The van der Waals surface area contributed by atoms with E-state index in [0.717, 1.165) is 11.3 Å². The van der Waals surface area contributed by atoms with E-state index in [1.165, 1.54) is 13.0 Å². The molecule has 3 rings (SSSR count). The fraction of sp³-hybridized carbons (Fsp3) is 0.467. The molecule has 2 heterocycles. The van der Waals surface area contributed by atoms with Crippen LogP contribution in [0.4, 0.5) is 0 Å². The fourth-order valence-electron chi connectivity index (χ4n) is 2.71. The van der Waals surface area contributed by atoms with Crippen molar-refractivity contribution in [3.05, 3.63) is 25.8 Å². The molecule has 148 valence electrons. The molecule has 4 N–H and O–H groups in total. The van der Waals surface area contributed by atoms with Crippen LogP contribution in [0.3, 0.4) is 0 Å². The van der Waals surface area contributed by atoms with E-state index in [2.05, 4.69) is 5.32 Å². The molecule has 1 amide bonds. The Kier molecular flexibility index (Phi) is 5.96. The van der Waals surface area contributed by atoms with Gasteiger partial charge in [-0.3, -0.25) is 4.79 Å². The molecule has 0 spiro atoms. The van der Waals surface area contributed by atoms with E-state index >= 15 is 0 Å². The van der Waals surface area contributed by atoms with Crippen LogP contribution < -0.4 is 15.0 Å². The molecule has 27 heavy (non-hydrogen) atoms. The number of hydrogen-bond acceptors (Lipinski definition) is 9. The molecular formula is C15H15Cl2NO8S. The van der Waals surface area contributed by atoms with Gasteiger partial charge in [0.2, 0.25) is 12.2 Å². The molecule has 1 fully saturated rings. The summed E-state index contributed by atoms with van der Waals surface area (Å²) < 4.78 is 16.5. The number of aliphatic hydroxyl groups excluding tert-OH is 3. The molecule has 2 aromatic rings. The summed E-state index contributed by atoms with van der Waals surface area (Å²) in [7, 11) is 0. The number of carbonyl (C=O) groups excluding carboxylic acids is 1. The van der Waals surface area contributed by atoms with Crippen LogP contribution in [0.15, 0.2) is 15.3 Å². The van der Waals surface area contributed by atoms with Gasteiger partial charge in [0.15, 0.2) is 5.58 Å². The molecule has 9 nitrogen and oxygen atoms in total. The summed E-state index contributed by atoms with van der Waals surface area (Å²) in [5.74, 6) is -0.495. The minimum Gasteiger partial charge on any atom is -0.461 e. The number of amides is 1. The van der Waals surface area contributed by atoms with Crippen LogP contribution in [-0.2, 0) is 9.53 Å². The van der Waals surface area contributed by atoms with Gasteiger partial charge in [0.05, 0.1) is 11.3 Å². The van der Waals surface area contributed by atoms with Crippen molar-refractivity contribution in [1.29, 1.82) is 0 Å². The van der Waals surface area contributed by atoms with Crippen molar-refractivity contribution in [3.63, 3.8) is 0 Å². The van der Waals surface area contributed by atoms with Gasteiger partial charge in [-0.2, -0.15) is 0 Å². The summed E-state index contributed by atoms with van der Waals surface area (Å²) in [6, 6.07) is 0.243. The maximum Gasteiger partial charge on any atom is 0.396 e. The van der Waals surface area contributed by atoms with Gasteiger partial charge in [-0.1, -0.05) is 34.5 Å². The van der Waals surface area contributed by atoms with Gasteiger partial charge in [-0.15, -0.1) is 0 Å². The minimum absolute atomic E-state index is 0.00634. The van der Waals surface area contributed by atoms with Crippen molar-refractivity contribution in [2.75, 3.05) is 6.61 Å². The number of hydrogen-bond donors (Lipinski definition) is 4. The number of rotatable bonds is 4. The Bertz CT molecular complexity index is 915. The first-order valence-corrected chi connectivity index (χ1v) is 9.28. The van der Waals surface area contributed by atoms with Crippen LogP contribution in [-0.4, -0.2) is 58.5 Å². The summed E-state index contributed by atoms with van der Waals surface area (Å²) in [6.45, 7) is 0.620. The van der Waals surface area contributed by atoms with E-state index in [1.54, 1.807) is 0 Å². The van der Waals surface area contributed by atoms with E-state index in [4.69, 9.17) is 37.1 Å². The maximum absolute atomic E-state index is 11.5. The van der Waals surface area contributed by atoms with Crippen LogP contribution in [0.5, 0.6) is 5.75 Å². The Labute approximate surface area is 166 Å². The molecule has 0 unspecified atom stereocenters. The summed E-state index contributed by atoms with van der Waals surface area (Å²) in [4.78, 5) is 22.3. The fourth-order valence-corrected chi connectivity index (χ4v) is 3.89. The molecule has 1 aliphatic heterocycles. The van der Waals surface area contributed by atoms with E-state index in [-0.39, 0.29) is 21.4 Å². The Morgan fingerprint density at radius 1 is 1.33 bits per heavy atom. The van der Waals surface area contributed by atoms with E-state index in [1.807, 2.05) is 0 Å². The Balaban J connectivity index is 1.97. The van der Waals surface area contributed by atoms with E-state index in [9.17, 15) is 24.9 Å². The molecule has 1 aliphatic rings. The topological polar surface area (TPSA) is 138 Å². The lowest BCUT2D eigenvalue weighted by Crippen LogP contribution is -2.65. The van der Waals surface area contributed by atoms with Crippen LogP contribution in [0.2, 0.25) is 10.0 Å². The molecule has 0 bridgehead atoms. The maximum atomic E-state index is 11.5. The second-order valence-corrected chi connectivity index (χ2v) is 7.57.